The molecule has 0 aliphatic heterocycles. The Labute approximate surface area is 122 Å². The summed E-state index contributed by atoms with van der Waals surface area (Å²) in [6.45, 7) is 2.10. The molecule has 3 nitrogen and oxygen atoms in total. The highest BCUT2D eigenvalue weighted by atomic mass is 32.2. The van der Waals surface area contributed by atoms with E-state index in [-0.39, 0.29) is 18.0 Å². The van der Waals surface area contributed by atoms with Crippen molar-refractivity contribution in [2.45, 2.75) is 70.4 Å². The standard InChI is InChI=1S/C15H30N2OS/c1-12(8-9-13-6-4-3-5-7-13)17-15(18)14(16)10-11-19-2/h12-14H,3-11,16H2,1-2H3,(H,17,18)/t12?,14-/m0/s1. The van der Waals surface area contributed by atoms with E-state index in [2.05, 4.69) is 12.2 Å². The number of hydrogen-bond donors (Lipinski definition) is 2. The van der Waals surface area contributed by atoms with Crippen LogP contribution in [0.3, 0.4) is 0 Å². The van der Waals surface area contributed by atoms with Crippen molar-refractivity contribution >= 4 is 17.7 Å². The molecule has 0 saturated heterocycles. The normalized spacial score (nSPS) is 19.9. The summed E-state index contributed by atoms with van der Waals surface area (Å²) >= 11 is 1.74. The third kappa shape index (κ3) is 7.21. The Bertz CT molecular complexity index is 255. The molecule has 0 radical (unpaired) electrons. The highest BCUT2D eigenvalue weighted by Gasteiger charge is 2.17. The molecule has 0 aromatic carbocycles. The number of nitrogens with two attached hydrogens (primary N) is 1. The SMILES string of the molecule is CSCC[C@H](N)C(=O)NC(C)CCC1CCCCC1. The lowest BCUT2D eigenvalue weighted by molar-refractivity contribution is -0.123. The minimum Gasteiger partial charge on any atom is -0.352 e. The van der Waals surface area contributed by atoms with Crippen LogP contribution in [-0.4, -0.2) is 30.0 Å². The topological polar surface area (TPSA) is 55.1 Å². The fraction of sp³-hybridized carbons (Fsp3) is 0.933. The molecule has 1 rings (SSSR count). The van der Waals surface area contributed by atoms with Crippen LogP contribution in [0, 0.1) is 5.92 Å². The number of carbonyl (C=O) groups excluding carboxylic acids is 1. The van der Waals surface area contributed by atoms with E-state index in [1.54, 1.807) is 11.8 Å². The van der Waals surface area contributed by atoms with Crippen molar-refractivity contribution in [3.63, 3.8) is 0 Å². The van der Waals surface area contributed by atoms with Gasteiger partial charge in [-0.3, -0.25) is 4.79 Å². The van der Waals surface area contributed by atoms with Gasteiger partial charge >= 0.3 is 0 Å². The largest absolute Gasteiger partial charge is 0.352 e. The first kappa shape index (κ1) is 16.8. The van der Waals surface area contributed by atoms with Crippen LogP contribution < -0.4 is 11.1 Å². The first-order chi connectivity index (χ1) is 9.13. The van der Waals surface area contributed by atoms with Gasteiger partial charge in [-0.15, -0.1) is 0 Å². The van der Waals surface area contributed by atoms with Crippen LogP contribution in [0.2, 0.25) is 0 Å². The monoisotopic (exact) mass is 286 g/mol. The molecular formula is C15H30N2OS. The molecule has 19 heavy (non-hydrogen) atoms. The van der Waals surface area contributed by atoms with Crippen LogP contribution in [0.15, 0.2) is 0 Å². The Kier molecular flexibility index (Phi) is 8.55. The van der Waals surface area contributed by atoms with Crippen LogP contribution in [0.5, 0.6) is 0 Å². The van der Waals surface area contributed by atoms with Crippen molar-refractivity contribution in [2.24, 2.45) is 11.7 Å². The Morgan fingerprint density at radius 1 is 1.32 bits per heavy atom. The first-order valence-electron chi connectivity index (χ1n) is 7.68. The Morgan fingerprint density at radius 2 is 2.00 bits per heavy atom. The molecule has 1 fully saturated rings. The van der Waals surface area contributed by atoms with Crippen molar-refractivity contribution in [2.75, 3.05) is 12.0 Å². The lowest BCUT2D eigenvalue weighted by Gasteiger charge is -2.24. The molecule has 0 heterocycles. The van der Waals surface area contributed by atoms with Gasteiger partial charge in [0.15, 0.2) is 0 Å². The van der Waals surface area contributed by atoms with Gasteiger partial charge in [0.1, 0.15) is 0 Å². The summed E-state index contributed by atoms with van der Waals surface area (Å²) in [5.74, 6) is 1.86. The fourth-order valence-electron chi connectivity index (χ4n) is 2.76. The minimum absolute atomic E-state index is 0.0187. The minimum atomic E-state index is -0.343. The quantitative estimate of drug-likeness (QED) is 0.721. The third-order valence-electron chi connectivity index (χ3n) is 4.09. The van der Waals surface area contributed by atoms with E-state index < -0.39 is 0 Å². The average molecular weight is 286 g/mol. The summed E-state index contributed by atoms with van der Waals surface area (Å²) in [7, 11) is 0. The highest BCUT2D eigenvalue weighted by Crippen LogP contribution is 2.27. The molecule has 0 aromatic heterocycles. The summed E-state index contributed by atoms with van der Waals surface area (Å²) in [6, 6.07) is -0.0839. The van der Waals surface area contributed by atoms with Gasteiger partial charge < -0.3 is 11.1 Å². The number of hydrogen-bond acceptors (Lipinski definition) is 3. The summed E-state index contributed by atoms with van der Waals surface area (Å²) in [5, 5.41) is 3.05. The van der Waals surface area contributed by atoms with Gasteiger partial charge in [-0.2, -0.15) is 11.8 Å². The van der Waals surface area contributed by atoms with Gasteiger partial charge in [0.05, 0.1) is 6.04 Å². The van der Waals surface area contributed by atoms with Crippen LogP contribution >= 0.6 is 11.8 Å². The smallest absolute Gasteiger partial charge is 0.237 e. The van der Waals surface area contributed by atoms with Gasteiger partial charge in [-0.1, -0.05) is 32.1 Å². The van der Waals surface area contributed by atoms with Crippen molar-refractivity contribution in [1.82, 2.24) is 5.32 Å². The van der Waals surface area contributed by atoms with E-state index in [0.717, 1.165) is 24.5 Å². The fourth-order valence-corrected chi connectivity index (χ4v) is 3.25. The number of amides is 1. The Morgan fingerprint density at radius 3 is 2.63 bits per heavy atom. The van der Waals surface area contributed by atoms with Crippen molar-refractivity contribution in [1.29, 1.82) is 0 Å². The van der Waals surface area contributed by atoms with E-state index >= 15 is 0 Å². The second kappa shape index (κ2) is 9.65. The predicted molar refractivity (Wildman–Crippen MR) is 84.4 cm³/mol. The van der Waals surface area contributed by atoms with E-state index in [9.17, 15) is 4.79 Å². The summed E-state index contributed by atoms with van der Waals surface area (Å²) < 4.78 is 0. The molecule has 1 aliphatic carbocycles. The van der Waals surface area contributed by atoms with Crippen molar-refractivity contribution < 1.29 is 4.79 Å². The van der Waals surface area contributed by atoms with Crippen LogP contribution in [0.25, 0.3) is 0 Å². The number of rotatable bonds is 8. The zero-order valence-electron chi connectivity index (χ0n) is 12.5. The van der Waals surface area contributed by atoms with E-state index in [0.29, 0.717) is 0 Å². The second-order valence-corrected chi connectivity index (χ2v) is 6.86. The summed E-state index contributed by atoms with van der Waals surface area (Å²) in [5.41, 5.74) is 5.87. The van der Waals surface area contributed by atoms with Gasteiger partial charge in [0.25, 0.3) is 0 Å². The molecule has 3 N–H and O–H groups in total. The van der Waals surface area contributed by atoms with Crippen molar-refractivity contribution in [3.8, 4) is 0 Å². The molecule has 1 saturated carbocycles. The molecule has 1 amide bonds. The van der Waals surface area contributed by atoms with Gasteiger partial charge in [0, 0.05) is 6.04 Å². The number of thioether (sulfide) groups is 1. The van der Waals surface area contributed by atoms with Gasteiger partial charge in [-0.25, -0.2) is 0 Å². The Hall–Kier alpha value is -0.220. The van der Waals surface area contributed by atoms with Gasteiger partial charge in [-0.05, 0) is 44.1 Å². The van der Waals surface area contributed by atoms with E-state index in [4.69, 9.17) is 5.73 Å². The maximum atomic E-state index is 11.9. The molecular weight excluding hydrogens is 256 g/mol. The number of carbonyl (C=O) groups is 1. The van der Waals surface area contributed by atoms with E-state index in [1.807, 2.05) is 6.26 Å². The lowest BCUT2D eigenvalue weighted by atomic mass is 9.85. The Balaban J connectivity index is 2.14. The molecule has 0 spiro atoms. The molecule has 1 aliphatic rings. The summed E-state index contributed by atoms with van der Waals surface area (Å²) in [6.07, 6.45) is 12.1. The molecule has 0 aromatic rings. The molecule has 4 heteroatoms. The highest BCUT2D eigenvalue weighted by molar-refractivity contribution is 7.98. The van der Waals surface area contributed by atoms with Crippen LogP contribution in [0.4, 0.5) is 0 Å². The molecule has 2 atom stereocenters. The van der Waals surface area contributed by atoms with Gasteiger partial charge in [0.2, 0.25) is 5.91 Å². The zero-order chi connectivity index (χ0) is 14.1. The second-order valence-electron chi connectivity index (χ2n) is 5.88. The predicted octanol–water partition coefficient (Wildman–Crippen LogP) is 2.93. The molecule has 1 unspecified atom stereocenters. The molecule has 0 bridgehead atoms. The van der Waals surface area contributed by atoms with Crippen LogP contribution in [-0.2, 0) is 4.79 Å². The number of nitrogens with one attached hydrogen (secondary N) is 1. The maximum absolute atomic E-state index is 11.9. The van der Waals surface area contributed by atoms with Crippen molar-refractivity contribution in [3.05, 3.63) is 0 Å². The van der Waals surface area contributed by atoms with Crippen LogP contribution in [0.1, 0.15) is 58.3 Å². The first-order valence-corrected chi connectivity index (χ1v) is 9.07. The average Bonchev–Trinajstić information content (AvgIpc) is 2.43. The zero-order valence-corrected chi connectivity index (χ0v) is 13.3. The third-order valence-corrected chi connectivity index (χ3v) is 4.74. The molecule has 112 valence electrons. The maximum Gasteiger partial charge on any atom is 0.237 e. The lowest BCUT2D eigenvalue weighted by Crippen LogP contribution is -2.44. The van der Waals surface area contributed by atoms with E-state index in [1.165, 1.54) is 38.5 Å². The summed E-state index contributed by atoms with van der Waals surface area (Å²) in [4.78, 5) is 11.9.